The fourth-order valence-corrected chi connectivity index (χ4v) is 3.76. The Bertz CT molecular complexity index is 935. The van der Waals surface area contributed by atoms with Crippen molar-refractivity contribution in [1.82, 2.24) is 0 Å². The number of ether oxygens (including phenoxy) is 2. The molecule has 0 spiro atoms. The van der Waals surface area contributed by atoms with Crippen molar-refractivity contribution in [3.8, 4) is 0 Å². The number of esters is 2. The molecule has 0 bridgehead atoms. The van der Waals surface area contributed by atoms with Gasteiger partial charge in [-0.05, 0) is 38.0 Å². The van der Waals surface area contributed by atoms with E-state index in [1.165, 1.54) is 35.6 Å². The van der Waals surface area contributed by atoms with Crippen LogP contribution in [-0.4, -0.2) is 36.0 Å². The Hall–Kier alpha value is -3.27. The Morgan fingerprint density at radius 3 is 2.31 bits per heavy atom. The van der Waals surface area contributed by atoms with E-state index in [0.717, 1.165) is 10.4 Å². The molecule has 29 heavy (non-hydrogen) atoms. The van der Waals surface area contributed by atoms with Crippen molar-refractivity contribution in [1.29, 1.82) is 0 Å². The number of nitro benzene ring substituents is 1. The average molecular weight is 420 g/mol. The minimum absolute atomic E-state index is 0.0795. The van der Waals surface area contributed by atoms with Crippen LogP contribution in [0.25, 0.3) is 0 Å². The van der Waals surface area contributed by atoms with Crippen LogP contribution in [0.4, 0.5) is 10.7 Å². The number of carbonyl (C=O) groups excluding carboxylic acids is 3. The summed E-state index contributed by atoms with van der Waals surface area (Å²) < 4.78 is 10.0. The van der Waals surface area contributed by atoms with Crippen molar-refractivity contribution in [2.75, 3.05) is 18.5 Å². The standard InChI is InChI=1S/C19H20N2O7S/c1-4-14-11(3)29-17(16(14)19(24)27-5-2)20-15(22)10-28-18(23)12-6-8-13(9-7-12)21(25)26/h6-9H,4-5,10H2,1-3H3,(H,20,22). The molecule has 0 aliphatic carbocycles. The Balaban J connectivity index is 2.04. The van der Waals surface area contributed by atoms with Crippen molar-refractivity contribution in [2.45, 2.75) is 27.2 Å². The molecule has 1 heterocycles. The van der Waals surface area contributed by atoms with Crippen LogP contribution >= 0.6 is 11.3 Å². The fourth-order valence-electron chi connectivity index (χ4n) is 2.61. The summed E-state index contributed by atoms with van der Waals surface area (Å²) in [6, 6.07) is 4.83. The molecule has 0 saturated heterocycles. The number of nitrogens with zero attached hydrogens (tertiary/aromatic N) is 1. The van der Waals surface area contributed by atoms with Crippen molar-refractivity contribution < 1.29 is 28.8 Å². The van der Waals surface area contributed by atoms with Crippen LogP contribution in [0, 0.1) is 17.0 Å². The van der Waals surface area contributed by atoms with Crippen LogP contribution in [0.15, 0.2) is 24.3 Å². The minimum Gasteiger partial charge on any atom is -0.462 e. The van der Waals surface area contributed by atoms with Gasteiger partial charge < -0.3 is 14.8 Å². The van der Waals surface area contributed by atoms with Gasteiger partial charge in [0.15, 0.2) is 6.61 Å². The number of rotatable bonds is 8. The summed E-state index contributed by atoms with van der Waals surface area (Å²) in [5.41, 5.74) is 1.03. The third-order valence-corrected chi connectivity index (χ3v) is 5.01. The highest BCUT2D eigenvalue weighted by molar-refractivity contribution is 7.16. The van der Waals surface area contributed by atoms with Gasteiger partial charge in [-0.2, -0.15) is 0 Å². The third-order valence-electron chi connectivity index (χ3n) is 3.94. The molecule has 1 aromatic heterocycles. The number of benzene rings is 1. The molecule has 10 heteroatoms. The van der Waals surface area contributed by atoms with Crippen molar-refractivity contribution in [3.05, 3.63) is 55.9 Å². The number of carbonyl (C=O) groups is 3. The van der Waals surface area contributed by atoms with Crippen LogP contribution in [-0.2, 0) is 20.7 Å². The van der Waals surface area contributed by atoms with Gasteiger partial charge in [-0.1, -0.05) is 6.92 Å². The molecule has 0 unspecified atom stereocenters. The molecular weight excluding hydrogens is 400 g/mol. The Morgan fingerprint density at radius 2 is 1.76 bits per heavy atom. The Labute approximate surface area is 170 Å². The maximum absolute atomic E-state index is 12.3. The maximum Gasteiger partial charge on any atom is 0.341 e. The molecule has 1 N–H and O–H groups in total. The zero-order valence-electron chi connectivity index (χ0n) is 16.1. The lowest BCUT2D eigenvalue weighted by atomic mass is 10.1. The monoisotopic (exact) mass is 420 g/mol. The summed E-state index contributed by atoms with van der Waals surface area (Å²) >= 11 is 1.25. The molecule has 0 saturated carbocycles. The molecule has 154 valence electrons. The second-order valence-corrected chi connectivity index (χ2v) is 7.07. The van der Waals surface area contributed by atoms with Gasteiger partial charge in [-0.3, -0.25) is 14.9 Å². The first kappa shape index (κ1) is 22.0. The maximum atomic E-state index is 12.3. The molecule has 1 aromatic carbocycles. The predicted molar refractivity (Wildman–Crippen MR) is 106 cm³/mol. The van der Waals surface area contributed by atoms with Crippen LogP contribution in [0.2, 0.25) is 0 Å². The molecule has 2 aromatic rings. The van der Waals surface area contributed by atoms with Crippen molar-refractivity contribution in [3.63, 3.8) is 0 Å². The largest absolute Gasteiger partial charge is 0.462 e. The van der Waals surface area contributed by atoms with Gasteiger partial charge in [0, 0.05) is 17.0 Å². The average Bonchev–Trinajstić information content (AvgIpc) is 3.01. The van der Waals surface area contributed by atoms with Crippen LogP contribution in [0.1, 0.15) is 45.0 Å². The highest BCUT2D eigenvalue weighted by Gasteiger charge is 2.23. The second kappa shape index (κ2) is 9.78. The van der Waals surface area contributed by atoms with Crippen LogP contribution in [0.3, 0.4) is 0 Å². The summed E-state index contributed by atoms with van der Waals surface area (Å²) in [4.78, 5) is 47.4. The smallest absolute Gasteiger partial charge is 0.341 e. The van der Waals surface area contributed by atoms with Gasteiger partial charge in [0.25, 0.3) is 11.6 Å². The Kier molecular flexibility index (Phi) is 7.43. The Morgan fingerprint density at radius 1 is 1.10 bits per heavy atom. The lowest BCUT2D eigenvalue weighted by Gasteiger charge is -2.08. The van der Waals surface area contributed by atoms with E-state index in [4.69, 9.17) is 9.47 Å². The SMILES string of the molecule is CCOC(=O)c1c(NC(=O)COC(=O)c2ccc([N+](=O)[O-])cc2)sc(C)c1CC. The van der Waals surface area contributed by atoms with E-state index < -0.39 is 29.4 Å². The van der Waals surface area contributed by atoms with Crippen molar-refractivity contribution >= 4 is 39.9 Å². The van der Waals surface area contributed by atoms with Gasteiger partial charge in [-0.25, -0.2) is 9.59 Å². The first-order valence-corrected chi connectivity index (χ1v) is 9.60. The van der Waals surface area contributed by atoms with E-state index in [1.807, 2.05) is 13.8 Å². The van der Waals surface area contributed by atoms with E-state index >= 15 is 0 Å². The highest BCUT2D eigenvalue weighted by atomic mass is 32.1. The lowest BCUT2D eigenvalue weighted by molar-refractivity contribution is -0.384. The topological polar surface area (TPSA) is 125 Å². The molecule has 0 atom stereocenters. The number of hydrogen-bond donors (Lipinski definition) is 1. The van der Waals surface area contributed by atoms with Gasteiger partial charge in [0.05, 0.1) is 22.7 Å². The summed E-state index contributed by atoms with van der Waals surface area (Å²) in [5, 5.41) is 13.6. The number of amides is 1. The first-order valence-electron chi connectivity index (χ1n) is 8.79. The lowest BCUT2D eigenvalue weighted by Crippen LogP contribution is -2.22. The van der Waals surface area contributed by atoms with Gasteiger partial charge in [0.1, 0.15) is 5.00 Å². The van der Waals surface area contributed by atoms with Gasteiger partial charge in [-0.15, -0.1) is 11.3 Å². The third kappa shape index (κ3) is 5.38. The fraction of sp³-hybridized carbons (Fsp3) is 0.316. The molecule has 9 nitrogen and oxygen atoms in total. The number of non-ortho nitro benzene ring substituents is 1. The summed E-state index contributed by atoms with van der Waals surface area (Å²) in [6.45, 7) is 5.07. The molecule has 0 aliphatic rings. The zero-order valence-corrected chi connectivity index (χ0v) is 17.0. The zero-order chi connectivity index (χ0) is 21.6. The molecule has 0 aliphatic heterocycles. The van der Waals surface area contributed by atoms with E-state index in [2.05, 4.69) is 5.32 Å². The number of nitrogens with one attached hydrogen (secondary N) is 1. The molecule has 0 radical (unpaired) electrons. The number of aryl methyl sites for hydroxylation is 1. The second-order valence-electron chi connectivity index (χ2n) is 5.84. The summed E-state index contributed by atoms with van der Waals surface area (Å²) in [5.74, 6) is -1.93. The molecule has 2 rings (SSSR count). The number of nitro groups is 1. The summed E-state index contributed by atoms with van der Waals surface area (Å²) in [7, 11) is 0. The van der Waals surface area contributed by atoms with E-state index in [9.17, 15) is 24.5 Å². The van der Waals surface area contributed by atoms with E-state index in [0.29, 0.717) is 17.0 Å². The van der Waals surface area contributed by atoms with Crippen molar-refractivity contribution in [2.24, 2.45) is 0 Å². The predicted octanol–water partition coefficient (Wildman–Crippen LogP) is 3.50. The quantitative estimate of drug-likeness (QED) is 0.393. The minimum atomic E-state index is -0.794. The molecule has 0 fully saturated rings. The number of hydrogen-bond acceptors (Lipinski definition) is 8. The number of thiophene rings is 1. The van der Waals surface area contributed by atoms with Gasteiger partial charge in [0.2, 0.25) is 0 Å². The summed E-state index contributed by atoms with van der Waals surface area (Å²) in [6.07, 6.45) is 0.599. The van der Waals surface area contributed by atoms with Gasteiger partial charge >= 0.3 is 11.9 Å². The van der Waals surface area contributed by atoms with Crippen LogP contribution in [0.5, 0.6) is 0 Å². The first-order chi connectivity index (χ1) is 13.8. The van der Waals surface area contributed by atoms with E-state index in [-0.39, 0.29) is 17.9 Å². The van der Waals surface area contributed by atoms with Crippen LogP contribution < -0.4 is 5.32 Å². The van der Waals surface area contributed by atoms with E-state index in [1.54, 1.807) is 6.92 Å². The normalized spacial score (nSPS) is 10.3. The molecule has 1 amide bonds. The molecular formula is C19H20N2O7S. The number of anilines is 1. The highest BCUT2D eigenvalue weighted by Crippen LogP contribution is 2.34.